The number of methoxy groups -OCH3 is 1. The molecule has 0 unspecified atom stereocenters. The summed E-state index contributed by atoms with van der Waals surface area (Å²) in [4.78, 5) is 46.5. The topological polar surface area (TPSA) is 107 Å². The van der Waals surface area contributed by atoms with Crippen LogP contribution < -0.4 is 10.1 Å². The normalized spacial score (nSPS) is 10.5. The van der Waals surface area contributed by atoms with Crippen molar-refractivity contribution in [3.8, 4) is 16.9 Å². The smallest absolute Gasteiger partial charge is 0.338 e. The first kappa shape index (κ1) is 27.5. The van der Waals surface area contributed by atoms with E-state index >= 15 is 0 Å². The lowest BCUT2D eigenvalue weighted by molar-refractivity contribution is -0.113. The van der Waals surface area contributed by atoms with Crippen LogP contribution in [0.5, 0.6) is 5.75 Å². The number of aromatic nitrogens is 2. The molecule has 1 aromatic heterocycles. The van der Waals surface area contributed by atoms with E-state index in [1.807, 2.05) is 62.4 Å². The summed E-state index contributed by atoms with van der Waals surface area (Å²) in [7, 11) is 1.46. The first-order chi connectivity index (χ1) is 18.8. The quantitative estimate of drug-likeness (QED) is 0.121. The van der Waals surface area contributed by atoms with Gasteiger partial charge in [0.1, 0.15) is 5.75 Å². The Kier molecular flexibility index (Phi) is 9.06. The van der Waals surface area contributed by atoms with E-state index in [0.29, 0.717) is 22.2 Å². The van der Waals surface area contributed by atoms with Crippen LogP contribution in [0.1, 0.15) is 32.1 Å². The molecule has 0 radical (unpaired) electrons. The number of rotatable bonds is 10. The third kappa shape index (κ3) is 7.52. The summed E-state index contributed by atoms with van der Waals surface area (Å²) in [5.41, 5.74) is 4.59. The predicted octanol–water partition coefficient (Wildman–Crippen LogP) is 5.54. The molecule has 8 nitrogen and oxygen atoms in total. The van der Waals surface area contributed by atoms with Crippen LogP contribution in [0, 0.1) is 13.8 Å². The third-order valence-corrected chi connectivity index (χ3v) is 6.50. The minimum Gasteiger partial charge on any atom is -0.495 e. The summed E-state index contributed by atoms with van der Waals surface area (Å²) >= 11 is 1.20. The number of carbonyl (C=O) groups is 3. The zero-order valence-corrected chi connectivity index (χ0v) is 22.6. The molecule has 39 heavy (non-hydrogen) atoms. The Morgan fingerprint density at radius 3 is 2.13 bits per heavy atom. The minimum absolute atomic E-state index is 0.0677. The minimum atomic E-state index is -0.694. The Balaban J connectivity index is 1.35. The lowest BCUT2D eigenvalue weighted by atomic mass is 10.0. The number of nitrogens with one attached hydrogen (secondary N) is 1. The number of hydrogen-bond donors (Lipinski definition) is 1. The SMILES string of the molecule is COc1ccc(C(=O)OCC(=O)c2ccc(-c3ccccc3)cc2)cc1NC(=O)CSc1nc(C)cc(C)n1. The van der Waals surface area contributed by atoms with E-state index in [4.69, 9.17) is 9.47 Å². The monoisotopic (exact) mass is 541 g/mol. The molecule has 1 N–H and O–H groups in total. The highest BCUT2D eigenvalue weighted by molar-refractivity contribution is 7.99. The first-order valence-corrected chi connectivity index (χ1v) is 13.1. The molecule has 1 amide bonds. The van der Waals surface area contributed by atoms with Crippen molar-refractivity contribution in [3.63, 3.8) is 0 Å². The average Bonchev–Trinajstić information content (AvgIpc) is 2.94. The number of carbonyl (C=O) groups excluding carboxylic acids is 3. The second-order valence-electron chi connectivity index (χ2n) is 8.63. The van der Waals surface area contributed by atoms with Gasteiger partial charge >= 0.3 is 5.97 Å². The lowest BCUT2D eigenvalue weighted by Gasteiger charge is -2.12. The summed E-state index contributed by atoms with van der Waals surface area (Å²) in [6.07, 6.45) is 0. The number of aryl methyl sites for hydroxylation is 2. The molecule has 9 heteroatoms. The van der Waals surface area contributed by atoms with Crippen molar-refractivity contribution in [2.24, 2.45) is 0 Å². The third-order valence-electron chi connectivity index (χ3n) is 5.65. The number of hydrogen-bond acceptors (Lipinski definition) is 8. The molecule has 0 saturated heterocycles. The Labute approximate surface area is 230 Å². The lowest BCUT2D eigenvalue weighted by Crippen LogP contribution is -2.17. The molecule has 0 bridgehead atoms. The molecule has 4 rings (SSSR count). The highest BCUT2D eigenvalue weighted by Gasteiger charge is 2.16. The molecule has 4 aromatic rings. The van der Waals surface area contributed by atoms with Gasteiger partial charge in [-0.15, -0.1) is 0 Å². The van der Waals surface area contributed by atoms with Gasteiger partial charge in [0.15, 0.2) is 17.5 Å². The van der Waals surface area contributed by atoms with Crippen LogP contribution in [0.4, 0.5) is 5.69 Å². The van der Waals surface area contributed by atoms with Crippen LogP contribution in [0.3, 0.4) is 0 Å². The van der Waals surface area contributed by atoms with E-state index in [-0.39, 0.29) is 23.0 Å². The number of anilines is 1. The predicted molar refractivity (Wildman–Crippen MR) is 150 cm³/mol. The maximum absolute atomic E-state index is 12.7. The van der Waals surface area contributed by atoms with Gasteiger partial charge in [0.2, 0.25) is 5.91 Å². The molecular formula is C30H27N3O5S. The molecular weight excluding hydrogens is 514 g/mol. The molecule has 0 spiro atoms. The number of Topliss-reactive ketones (excluding diaryl/α,β-unsaturated/α-hetero) is 1. The van der Waals surface area contributed by atoms with Crippen molar-refractivity contribution in [3.05, 3.63) is 101 Å². The zero-order chi connectivity index (χ0) is 27.8. The van der Waals surface area contributed by atoms with Crippen molar-refractivity contribution in [1.82, 2.24) is 9.97 Å². The largest absolute Gasteiger partial charge is 0.495 e. The fourth-order valence-corrected chi connectivity index (χ4v) is 4.53. The fourth-order valence-electron chi connectivity index (χ4n) is 3.78. The van der Waals surface area contributed by atoms with Crippen molar-refractivity contribution in [2.75, 3.05) is 24.8 Å². The summed E-state index contributed by atoms with van der Waals surface area (Å²) < 4.78 is 10.6. The van der Waals surface area contributed by atoms with Gasteiger partial charge in [-0.3, -0.25) is 9.59 Å². The molecule has 198 valence electrons. The van der Waals surface area contributed by atoms with Gasteiger partial charge < -0.3 is 14.8 Å². The molecule has 0 atom stereocenters. The highest BCUT2D eigenvalue weighted by Crippen LogP contribution is 2.27. The van der Waals surface area contributed by atoms with E-state index in [9.17, 15) is 14.4 Å². The number of thioether (sulfide) groups is 1. The van der Waals surface area contributed by atoms with Gasteiger partial charge in [-0.25, -0.2) is 14.8 Å². The zero-order valence-electron chi connectivity index (χ0n) is 21.8. The van der Waals surface area contributed by atoms with Gasteiger partial charge in [0.05, 0.1) is 24.1 Å². The van der Waals surface area contributed by atoms with E-state index in [0.717, 1.165) is 22.5 Å². The molecule has 0 aliphatic rings. The van der Waals surface area contributed by atoms with Gasteiger partial charge in [-0.2, -0.15) is 0 Å². The molecule has 0 saturated carbocycles. The molecule has 0 fully saturated rings. The molecule has 3 aromatic carbocycles. The number of esters is 1. The van der Waals surface area contributed by atoms with E-state index < -0.39 is 12.6 Å². The summed E-state index contributed by atoms with van der Waals surface area (Å²) in [6.45, 7) is 3.32. The van der Waals surface area contributed by atoms with Gasteiger partial charge in [0, 0.05) is 17.0 Å². The number of benzene rings is 3. The number of ketones is 1. The average molecular weight is 542 g/mol. The van der Waals surface area contributed by atoms with E-state index in [1.165, 1.54) is 31.0 Å². The Bertz CT molecular complexity index is 1470. The van der Waals surface area contributed by atoms with Crippen molar-refractivity contribution >= 4 is 35.1 Å². The van der Waals surface area contributed by atoms with Crippen LogP contribution >= 0.6 is 11.8 Å². The number of nitrogens with zero attached hydrogens (tertiary/aromatic N) is 2. The number of amides is 1. The first-order valence-electron chi connectivity index (χ1n) is 12.1. The van der Waals surface area contributed by atoms with Crippen molar-refractivity contribution < 1.29 is 23.9 Å². The Morgan fingerprint density at radius 2 is 1.46 bits per heavy atom. The maximum atomic E-state index is 12.7. The van der Waals surface area contributed by atoms with Gasteiger partial charge in [-0.05, 0) is 49.2 Å². The van der Waals surface area contributed by atoms with E-state index in [1.54, 1.807) is 18.2 Å². The standard InChI is InChI=1S/C30H27N3O5S/c1-19-15-20(2)32-30(31-19)39-18-28(35)33-25-16-24(13-14-27(25)37-3)29(36)38-17-26(34)23-11-9-22(10-12-23)21-7-5-4-6-8-21/h4-16H,17-18H2,1-3H3,(H,33,35). The van der Waals surface area contributed by atoms with Crippen LogP contribution in [0.2, 0.25) is 0 Å². The Morgan fingerprint density at radius 1 is 0.821 bits per heavy atom. The van der Waals surface area contributed by atoms with Crippen molar-refractivity contribution in [1.29, 1.82) is 0 Å². The Hall–Kier alpha value is -4.50. The fraction of sp³-hybridized carbons (Fsp3) is 0.167. The van der Waals surface area contributed by atoms with Crippen LogP contribution in [-0.2, 0) is 9.53 Å². The van der Waals surface area contributed by atoms with Crippen LogP contribution in [0.25, 0.3) is 11.1 Å². The van der Waals surface area contributed by atoms with E-state index in [2.05, 4.69) is 15.3 Å². The maximum Gasteiger partial charge on any atom is 0.338 e. The van der Waals surface area contributed by atoms with Gasteiger partial charge in [0.25, 0.3) is 0 Å². The molecule has 1 heterocycles. The molecule has 0 aliphatic heterocycles. The summed E-state index contributed by atoms with van der Waals surface area (Å²) in [5.74, 6) is -0.892. The summed E-state index contributed by atoms with van der Waals surface area (Å²) in [6, 6.07) is 23.3. The van der Waals surface area contributed by atoms with Crippen LogP contribution in [-0.4, -0.2) is 47.1 Å². The van der Waals surface area contributed by atoms with Crippen LogP contribution in [0.15, 0.2) is 84.0 Å². The highest BCUT2D eigenvalue weighted by atomic mass is 32.2. The summed E-state index contributed by atoms with van der Waals surface area (Å²) in [5, 5.41) is 3.26. The van der Waals surface area contributed by atoms with Crippen molar-refractivity contribution in [2.45, 2.75) is 19.0 Å². The number of ether oxygens (including phenoxy) is 2. The van der Waals surface area contributed by atoms with Gasteiger partial charge in [-0.1, -0.05) is 66.4 Å². The second-order valence-corrected chi connectivity index (χ2v) is 9.57. The second kappa shape index (κ2) is 12.8. The molecule has 0 aliphatic carbocycles.